The summed E-state index contributed by atoms with van der Waals surface area (Å²) in [5.74, 6) is 0. The van der Waals surface area contributed by atoms with Gasteiger partial charge in [0, 0.05) is 6.04 Å². The van der Waals surface area contributed by atoms with E-state index >= 15 is 0 Å². The van der Waals surface area contributed by atoms with Gasteiger partial charge in [-0.25, -0.2) is 0 Å². The van der Waals surface area contributed by atoms with Gasteiger partial charge in [0.05, 0.1) is 0 Å². The molecule has 0 aliphatic rings. The summed E-state index contributed by atoms with van der Waals surface area (Å²) in [7, 11) is 0. The van der Waals surface area contributed by atoms with Crippen molar-refractivity contribution in [2.45, 2.75) is 45.6 Å². The predicted molar refractivity (Wildman–Crippen MR) is 46.9 cm³/mol. The fraction of sp³-hybridized carbons (Fsp3) is 0.778. The van der Waals surface area contributed by atoms with Gasteiger partial charge in [-0.3, -0.25) is 0 Å². The van der Waals surface area contributed by atoms with Crippen molar-refractivity contribution >= 4 is 0 Å². The molecule has 60 valence electrons. The molecule has 1 atom stereocenters. The van der Waals surface area contributed by atoms with Crippen molar-refractivity contribution in [2.24, 2.45) is 5.73 Å². The van der Waals surface area contributed by atoms with Gasteiger partial charge in [0.2, 0.25) is 0 Å². The van der Waals surface area contributed by atoms with Crippen molar-refractivity contribution in [3.8, 4) is 0 Å². The molecule has 0 heterocycles. The number of hydrogen-bond donors (Lipinski definition) is 1. The first-order valence-electron chi connectivity index (χ1n) is 4.18. The molecule has 1 nitrogen and oxygen atoms in total. The Kier molecular flexibility index (Phi) is 6.61. The van der Waals surface area contributed by atoms with E-state index < -0.39 is 0 Å². The average Bonchev–Trinajstić information content (AvgIpc) is 1.89. The molecule has 0 aromatic carbocycles. The largest absolute Gasteiger partial charge is 0.328 e. The van der Waals surface area contributed by atoms with Crippen LogP contribution in [0.25, 0.3) is 0 Å². The molecule has 0 radical (unpaired) electrons. The van der Waals surface area contributed by atoms with Crippen LogP contribution in [0.2, 0.25) is 0 Å². The number of hydrogen-bond acceptors (Lipinski definition) is 1. The highest BCUT2D eigenvalue weighted by Gasteiger charge is 1.97. The van der Waals surface area contributed by atoms with Gasteiger partial charge in [-0.1, -0.05) is 25.5 Å². The van der Waals surface area contributed by atoms with Crippen molar-refractivity contribution in [3.05, 3.63) is 12.2 Å². The van der Waals surface area contributed by atoms with E-state index in [2.05, 4.69) is 19.1 Å². The number of rotatable bonds is 5. The van der Waals surface area contributed by atoms with E-state index in [0.29, 0.717) is 6.04 Å². The van der Waals surface area contributed by atoms with Crippen molar-refractivity contribution in [1.29, 1.82) is 0 Å². The van der Waals surface area contributed by atoms with Crippen LogP contribution < -0.4 is 5.73 Å². The highest BCUT2D eigenvalue weighted by atomic mass is 14.6. The zero-order valence-electron chi connectivity index (χ0n) is 7.14. The van der Waals surface area contributed by atoms with Crippen LogP contribution in [0.15, 0.2) is 12.2 Å². The van der Waals surface area contributed by atoms with Crippen molar-refractivity contribution in [3.63, 3.8) is 0 Å². The van der Waals surface area contributed by atoms with Gasteiger partial charge < -0.3 is 5.73 Å². The van der Waals surface area contributed by atoms with Gasteiger partial charge in [-0.2, -0.15) is 0 Å². The lowest BCUT2D eigenvalue weighted by atomic mass is 10.1. The SMILES string of the molecule is C/C=C/CC[C@H](N)CCC. The zero-order chi connectivity index (χ0) is 7.82. The normalized spacial score (nSPS) is 14.3. The van der Waals surface area contributed by atoms with Crippen molar-refractivity contribution in [2.75, 3.05) is 0 Å². The van der Waals surface area contributed by atoms with Crippen LogP contribution in [0.5, 0.6) is 0 Å². The van der Waals surface area contributed by atoms with Crippen LogP contribution in [0, 0.1) is 0 Å². The molecule has 0 spiro atoms. The van der Waals surface area contributed by atoms with E-state index in [1.54, 1.807) is 0 Å². The van der Waals surface area contributed by atoms with E-state index in [1.165, 1.54) is 6.42 Å². The quantitative estimate of drug-likeness (QED) is 0.585. The minimum absolute atomic E-state index is 0.418. The van der Waals surface area contributed by atoms with Gasteiger partial charge in [0.15, 0.2) is 0 Å². The van der Waals surface area contributed by atoms with Crippen LogP contribution in [0.4, 0.5) is 0 Å². The topological polar surface area (TPSA) is 26.0 Å². The number of nitrogens with two attached hydrogens (primary N) is 1. The summed E-state index contributed by atoms with van der Waals surface area (Å²) in [5.41, 5.74) is 5.79. The molecule has 0 unspecified atom stereocenters. The van der Waals surface area contributed by atoms with E-state index in [1.807, 2.05) is 6.92 Å². The highest BCUT2D eigenvalue weighted by molar-refractivity contribution is 4.78. The maximum atomic E-state index is 5.79. The molecule has 10 heavy (non-hydrogen) atoms. The molecule has 0 amide bonds. The van der Waals surface area contributed by atoms with Gasteiger partial charge in [0.1, 0.15) is 0 Å². The van der Waals surface area contributed by atoms with Crippen LogP contribution in [-0.2, 0) is 0 Å². The molecule has 0 rings (SSSR count). The summed E-state index contributed by atoms with van der Waals surface area (Å²) in [4.78, 5) is 0. The highest BCUT2D eigenvalue weighted by Crippen LogP contribution is 2.01. The van der Waals surface area contributed by atoms with Crippen molar-refractivity contribution < 1.29 is 0 Å². The molecule has 0 fully saturated rings. The average molecular weight is 141 g/mol. The van der Waals surface area contributed by atoms with Crippen LogP contribution in [0.1, 0.15) is 39.5 Å². The molecule has 0 bridgehead atoms. The summed E-state index contributed by atoms with van der Waals surface area (Å²) in [6.45, 7) is 4.22. The Morgan fingerprint density at radius 3 is 2.60 bits per heavy atom. The third kappa shape index (κ3) is 5.83. The second-order valence-electron chi connectivity index (χ2n) is 2.70. The molecular weight excluding hydrogens is 122 g/mol. The summed E-state index contributed by atoms with van der Waals surface area (Å²) in [6.07, 6.45) is 8.90. The smallest absolute Gasteiger partial charge is 0.00416 e. The maximum absolute atomic E-state index is 5.79. The first-order valence-corrected chi connectivity index (χ1v) is 4.18. The van der Waals surface area contributed by atoms with E-state index in [-0.39, 0.29) is 0 Å². The lowest BCUT2D eigenvalue weighted by Gasteiger charge is -2.06. The minimum atomic E-state index is 0.418. The molecule has 0 aromatic heterocycles. The Morgan fingerprint density at radius 2 is 2.10 bits per heavy atom. The monoisotopic (exact) mass is 141 g/mol. The fourth-order valence-electron chi connectivity index (χ4n) is 0.992. The Balaban J connectivity index is 3.12. The third-order valence-corrected chi connectivity index (χ3v) is 1.60. The fourth-order valence-corrected chi connectivity index (χ4v) is 0.992. The second kappa shape index (κ2) is 6.81. The summed E-state index contributed by atoms with van der Waals surface area (Å²) in [6, 6.07) is 0.418. The predicted octanol–water partition coefficient (Wildman–Crippen LogP) is 2.47. The van der Waals surface area contributed by atoms with Gasteiger partial charge in [-0.05, 0) is 26.2 Å². The summed E-state index contributed by atoms with van der Waals surface area (Å²) < 4.78 is 0. The molecule has 0 saturated heterocycles. The van der Waals surface area contributed by atoms with E-state index in [0.717, 1.165) is 19.3 Å². The molecule has 0 saturated carbocycles. The van der Waals surface area contributed by atoms with Gasteiger partial charge in [0.25, 0.3) is 0 Å². The van der Waals surface area contributed by atoms with Gasteiger partial charge in [-0.15, -0.1) is 0 Å². The molecule has 2 N–H and O–H groups in total. The lowest BCUT2D eigenvalue weighted by molar-refractivity contribution is 0.566. The molecule has 0 aliphatic carbocycles. The lowest BCUT2D eigenvalue weighted by Crippen LogP contribution is -2.18. The minimum Gasteiger partial charge on any atom is -0.328 e. The first kappa shape index (κ1) is 9.70. The summed E-state index contributed by atoms with van der Waals surface area (Å²) in [5, 5.41) is 0. The van der Waals surface area contributed by atoms with E-state index in [9.17, 15) is 0 Å². The summed E-state index contributed by atoms with van der Waals surface area (Å²) >= 11 is 0. The van der Waals surface area contributed by atoms with Crippen LogP contribution in [-0.4, -0.2) is 6.04 Å². The Morgan fingerprint density at radius 1 is 1.40 bits per heavy atom. The van der Waals surface area contributed by atoms with Crippen molar-refractivity contribution in [1.82, 2.24) is 0 Å². The Bertz CT molecular complexity index is 86.7. The Labute approximate surface area is 64.3 Å². The zero-order valence-corrected chi connectivity index (χ0v) is 7.14. The molecule has 0 aliphatic heterocycles. The van der Waals surface area contributed by atoms with Gasteiger partial charge >= 0.3 is 0 Å². The second-order valence-corrected chi connectivity index (χ2v) is 2.70. The van der Waals surface area contributed by atoms with E-state index in [4.69, 9.17) is 5.73 Å². The maximum Gasteiger partial charge on any atom is 0.00416 e. The molecular formula is C9H19N. The Hall–Kier alpha value is -0.300. The molecule has 0 aromatic rings. The van der Waals surface area contributed by atoms with Crippen LogP contribution >= 0.6 is 0 Å². The number of allylic oxidation sites excluding steroid dienone is 2. The molecule has 1 heteroatoms. The van der Waals surface area contributed by atoms with Crippen LogP contribution in [0.3, 0.4) is 0 Å². The third-order valence-electron chi connectivity index (χ3n) is 1.60. The first-order chi connectivity index (χ1) is 4.81. The standard InChI is InChI=1S/C9H19N/c1-3-5-6-8-9(10)7-4-2/h3,5,9H,4,6-8,10H2,1-2H3/b5-3+/t9-/m1/s1.